The van der Waals surface area contributed by atoms with Gasteiger partial charge in [-0.2, -0.15) is 0 Å². The maximum absolute atomic E-state index is 10.9. The van der Waals surface area contributed by atoms with Gasteiger partial charge in [0.25, 0.3) is 0 Å². The van der Waals surface area contributed by atoms with Crippen molar-refractivity contribution in [2.24, 2.45) is 0 Å². The number of benzene rings is 1. The lowest BCUT2D eigenvalue weighted by molar-refractivity contribution is 0.112. The maximum Gasteiger partial charge on any atom is 0.150 e. The van der Waals surface area contributed by atoms with E-state index in [1.807, 2.05) is 12.1 Å². The van der Waals surface area contributed by atoms with Crippen molar-refractivity contribution >= 4 is 22.2 Å². The van der Waals surface area contributed by atoms with Crippen molar-refractivity contribution in [1.82, 2.24) is 0 Å². The largest absolute Gasteiger partial charge is 0.298 e. The Morgan fingerprint density at radius 1 is 1.23 bits per heavy atom. The third-order valence-electron chi connectivity index (χ3n) is 2.20. The second-order valence-corrected chi connectivity index (χ2v) is 3.88. The van der Waals surface area contributed by atoms with Crippen LogP contribution in [0.2, 0.25) is 0 Å². The predicted octanol–water partition coefficient (Wildman–Crippen LogP) is 3.39. The SMILES string of the molecule is CCc1cc(Br)cc(CC)c1C=O. The minimum atomic E-state index is 0.869. The van der Waals surface area contributed by atoms with Crippen LogP contribution >= 0.6 is 15.9 Å². The van der Waals surface area contributed by atoms with Gasteiger partial charge < -0.3 is 0 Å². The standard InChI is InChI=1S/C11H13BrO/c1-3-8-5-10(12)6-9(4-2)11(8)7-13/h5-7H,3-4H2,1-2H3. The molecule has 0 N–H and O–H groups in total. The second kappa shape index (κ2) is 4.56. The van der Waals surface area contributed by atoms with E-state index in [9.17, 15) is 4.79 Å². The fraction of sp³-hybridized carbons (Fsp3) is 0.364. The van der Waals surface area contributed by atoms with Gasteiger partial charge in [-0.3, -0.25) is 4.79 Å². The van der Waals surface area contributed by atoms with Crippen LogP contribution in [0.5, 0.6) is 0 Å². The average molecular weight is 241 g/mol. The lowest BCUT2D eigenvalue weighted by Crippen LogP contribution is -1.97. The zero-order chi connectivity index (χ0) is 9.84. The monoisotopic (exact) mass is 240 g/mol. The van der Waals surface area contributed by atoms with E-state index in [-0.39, 0.29) is 0 Å². The van der Waals surface area contributed by atoms with E-state index in [0.717, 1.165) is 40.3 Å². The Labute approximate surface area is 87.3 Å². The summed E-state index contributed by atoms with van der Waals surface area (Å²) >= 11 is 3.44. The van der Waals surface area contributed by atoms with Gasteiger partial charge in [0.2, 0.25) is 0 Å². The second-order valence-electron chi connectivity index (χ2n) is 2.96. The summed E-state index contributed by atoms with van der Waals surface area (Å²) in [5.74, 6) is 0. The molecule has 13 heavy (non-hydrogen) atoms. The lowest BCUT2D eigenvalue weighted by atomic mass is 9.99. The molecule has 0 atom stereocenters. The van der Waals surface area contributed by atoms with E-state index in [0.29, 0.717) is 0 Å². The van der Waals surface area contributed by atoms with E-state index in [4.69, 9.17) is 0 Å². The van der Waals surface area contributed by atoms with Crippen LogP contribution in [0.25, 0.3) is 0 Å². The first-order valence-corrected chi connectivity index (χ1v) is 5.28. The van der Waals surface area contributed by atoms with Crippen LogP contribution in [0, 0.1) is 0 Å². The summed E-state index contributed by atoms with van der Waals surface area (Å²) in [5, 5.41) is 0. The van der Waals surface area contributed by atoms with Crippen LogP contribution in [0.15, 0.2) is 16.6 Å². The molecule has 0 saturated heterocycles. The molecule has 70 valence electrons. The highest BCUT2D eigenvalue weighted by molar-refractivity contribution is 9.10. The van der Waals surface area contributed by atoms with Crippen LogP contribution in [0.4, 0.5) is 0 Å². The third-order valence-corrected chi connectivity index (χ3v) is 2.65. The Morgan fingerprint density at radius 3 is 2.00 bits per heavy atom. The summed E-state index contributed by atoms with van der Waals surface area (Å²) < 4.78 is 1.06. The van der Waals surface area contributed by atoms with Gasteiger partial charge in [0.15, 0.2) is 6.29 Å². The Bertz CT molecular complexity index is 293. The molecule has 1 aromatic carbocycles. The molecule has 0 aliphatic heterocycles. The normalized spacial score (nSPS) is 10.1. The zero-order valence-electron chi connectivity index (χ0n) is 7.93. The zero-order valence-corrected chi connectivity index (χ0v) is 9.52. The van der Waals surface area contributed by atoms with Gasteiger partial charge in [-0.15, -0.1) is 0 Å². The number of carbonyl (C=O) groups is 1. The Balaban J connectivity index is 3.33. The van der Waals surface area contributed by atoms with Gasteiger partial charge >= 0.3 is 0 Å². The molecule has 0 radical (unpaired) electrons. The summed E-state index contributed by atoms with van der Waals surface area (Å²) in [5.41, 5.74) is 3.12. The number of rotatable bonds is 3. The van der Waals surface area contributed by atoms with Gasteiger partial charge in [-0.25, -0.2) is 0 Å². The molecule has 0 aliphatic rings. The summed E-state index contributed by atoms with van der Waals surface area (Å²) in [7, 11) is 0. The number of aldehydes is 1. The third kappa shape index (κ3) is 2.19. The molecule has 0 amide bonds. The number of carbonyl (C=O) groups excluding carboxylic acids is 1. The maximum atomic E-state index is 10.9. The van der Waals surface area contributed by atoms with E-state index < -0.39 is 0 Å². The first-order valence-electron chi connectivity index (χ1n) is 4.49. The Morgan fingerprint density at radius 2 is 1.69 bits per heavy atom. The molecule has 0 fully saturated rings. The first-order chi connectivity index (χ1) is 6.22. The minimum absolute atomic E-state index is 0.869. The predicted molar refractivity (Wildman–Crippen MR) is 58.3 cm³/mol. The molecule has 1 rings (SSSR count). The fourth-order valence-electron chi connectivity index (χ4n) is 1.47. The Kier molecular flexibility index (Phi) is 3.67. The van der Waals surface area contributed by atoms with E-state index >= 15 is 0 Å². The fourth-order valence-corrected chi connectivity index (χ4v) is 2.03. The van der Waals surface area contributed by atoms with Gasteiger partial charge in [0, 0.05) is 10.0 Å². The Hall–Kier alpha value is -0.630. The van der Waals surface area contributed by atoms with E-state index in [1.54, 1.807) is 0 Å². The van der Waals surface area contributed by atoms with Crippen molar-refractivity contribution in [3.05, 3.63) is 33.3 Å². The summed E-state index contributed by atoms with van der Waals surface area (Å²) in [6.07, 6.45) is 2.77. The average Bonchev–Trinajstić information content (AvgIpc) is 2.16. The number of halogens is 1. The van der Waals surface area contributed by atoms with Crippen molar-refractivity contribution < 1.29 is 4.79 Å². The highest BCUT2D eigenvalue weighted by Gasteiger charge is 2.06. The van der Waals surface area contributed by atoms with Crippen LogP contribution in [-0.4, -0.2) is 6.29 Å². The molecular weight excluding hydrogens is 228 g/mol. The highest BCUT2D eigenvalue weighted by Crippen LogP contribution is 2.21. The summed E-state index contributed by atoms with van der Waals surface area (Å²) in [4.78, 5) is 10.9. The molecule has 2 heteroatoms. The molecule has 1 nitrogen and oxygen atoms in total. The van der Waals surface area contributed by atoms with Crippen LogP contribution < -0.4 is 0 Å². The minimum Gasteiger partial charge on any atom is -0.298 e. The molecule has 0 aliphatic carbocycles. The molecule has 0 spiro atoms. The summed E-state index contributed by atoms with van der Waals surface area (Å²) in [6.45, 7) is 4.13. The summed E-state index contributed by atoms with van der Waals surface area (Å²) in [6, 6.07) is 4.03. The quantitative estimate of drug-likeness (QED) is 0.741. The molecule has 0 aromatic heterocycles. The smallest absolute Gasteiger partial charge is 0.150 e. The van der Waals surface area contributed by atoms with E-state index in [1.165, 1.54) is 0 Å². The molecule has 1 aromatic rings. The van der Waals surface area contributed by atoms with Crippen molar-refractivity contribution in [3.63, 3.8) is 0 Å². The van der Waals surface area contributed by atoms with Gasteiger partial charge in [0.05, 0.1) is 0 Å². The van der Waals surface area contributed by atoms with Crippen molar-refractivity contribution in [1.29, 1.82) is 0 Å². The van der Waals surface area contributed by atoms with Crippen molar-refractivity contribution in [2.45, 2.75) is 26.7 Å². The molecule has 0 saturated carbocycles. The van der Waals surface area contributed by atoms with Gasteiger partial charge in [0.1, 0.15) is 0 Å². The molecule has 0 unspecified atom stereocenters. The van der Waals surface area contributed by atoms with Gasteiger partial charge in [-0.05, 0) is 36.1 Å². The number of hydrogen-bond donors (Lipinski definition) is 0. The molecule has 0 heterocycles. The highest BCUT2D eigenvalue weighted by atomic mass is 79.9. The van der Waals surface area contributed by atoms with Crippen LogP contribution in [-0.2, 0) is 12.8 Å². The van der Waals surface area contributed by atoms with Crippen molar-refractivity contribution in [3.8, 4) is 0 Å². The lowest BCUT2D eigenvalue weighted by Gasteiger charge is -2.08. The molecule has 0 bridgehead atoms. The van der Waals surface area contributed by atoms with Crippen LogP contribution in [0.3, 0.4) is 0 Å². The van der Waals surface area contributed by atoms with E-state index in [2.05, 4.69) is 29.8 Å². The number of hydrogen-bond acceptors (Lipinski definition) is 1. The number of aryl methyl sites for hydroxylation is 2. The topological polar surface area (TPSA) is 17.1 Å². The van der Waals surface area contributed by atoms with Crippen LogP contribution in [0.1, 0.15) is 35.3 Å². The first kappa shape index (κ1) is 10.5. The molecular formula is C11H13BrO. The van der Waals surface area contributed by atoms with Crippen molar-refractivity contribution in [2.75, 3.05) is 0 Å². The van der Waals surface area contributed by atoms with Gasteiger partial charge in [-0.1, -0.05) is 29.8 Å².